The number of benzene rings is 1. The van der Waals surface area contributed by atoms with E-state index in [9.17, 15) is 72.7 Å². The van der Waals surface area contributed by atoms with Crippen molar-refractivity contribution in [2.45, 2.75) is 272 Å². The summed E-state index contributed by atoms with van der Waals surface area (Å²) in [5.41, 5.74) is -6.89. The van der Waals surface area contributed by atoms with Gasteiger partial charge in [-0.15, -0.1) is 0 Å². The third kappa shape index (κ3) is 12.7. The number of hydrogen-bond donors (Lipinski definition) is 5. The largest absolute Gasteiger partial charge is 2.00 e. The van der Waals surface area contributed by atoms with Crippen LogP contribution >= 0.6 is 0 Å². The predicted molar refractivity (Wildman–Crippen MR) is 315 cm³/mol. The maximum atomic E-state index is 14.3. The van der Waals surface area contributed by atoms with Gasteiger partial charge in [-0.2, -0.15) is 26.3 Å². The molecule has 0 radical (unpaired) electrons. The first-order chi connectivity index (χ1) is 39.3. The first-order valence-corrected chi connectivity index (χ1v) is 33.7. The zero-order chi connectivity index (χ0) is 62.6. The van der Waals surface area contributed by atoms with Crippen LogP contribution in [0.25, 0.3) is 0 Å². The number of halogens is 10. The second-order valence-corrected chi connectivity index (χ2v) is 32.7. The minimum atomic E-state index is -4.67. The molecule has 0 amide bonds. The molecule has 8 fully saturated rings. The zero-order valence-electron chi connectivity index (χ0n) is 53.9. The zero-order valence-corrected chi connectivity index (χ0v) is 54.2. The number of aliphatic hydroxyl groups is 5. The first-order valence-electron chi connectivity index (χ1n) is 32.2. The minimum Gasteiger partial charge on any atom is -1.00 e. The van der Waals surface area contributed by atoms with Crippen LogP contribution in [0.5, 0.6) is 0 Å². The van der Waals surface area contributed by atoms with E-state index >= 15 is 0 Å². The molecule has 11 rings (SSSR count). The summed E-state index contributed by atoms with van der Waals surface area (Å²) in [5, 5.41) is 49.5. The van der Waals surface area contributed by atoms with Crippen molar-refractivity contribution >= 4 is 32.9 Å². The van der Waals surface area contributed by atoms with E-state index in [-0.39, 0.29) is 154 Å². The number of rotatable bonds is 10. The number of allylic oxidation sites excluding steroid dienone is 2. The molecule has 0 heterocycles. The molecule has 1 aromatic rings. The van der Waals surface area contributed by atoms with Gasteiger partial charge in [0.15, 0.2) is 21.0 Å². The van der Waals surface area contributed by atoms with Crippen molar-refractivity contribution in [3.63, 3.8) is 0 Å². The summed E-state index contributed by atoms with van der Waals surface area (Å²) < 4.78 is 166. The first kappa shape index (κ1) is 70.4. The fraction of sp³-hybridized carbons (Fsp3) is 0.851. The summed E-state index contributed by atoms with van der Waals surface area (Å²) in [6.45, 7) is 13.1. The molecule has 1 unspecified atom stereocenters. The summed E-state index contributed by atoms with van der Waals surface area (Å²) in [5.74, 6) is -2.80. The topological polar surface area (TPSA) is 135 Å². The Morgan fingerprint density at radius 2 is 0.953 bits per heavy atom. The molecule has 19 heteroatoms. The van der Waals surface area contributed by atoms with E-state index in [0.29, 0.717) is 48.9 Å². The van der Waals surface area contributed by atoms with Crippen LogP contribution in [0.15, 0.2) is 58.5 Å². The van der Waals surface area contributed by atoms with E-state index in [0.717, 1.165) is 82.5 Å². The molecule has 17 atom stereocenters. The molecule has 10 aliphatic carbocycles. The average Bonchev–Trinajstić information content (AvgIpc) is 1.27. The van der Waals surface area contributed by atoms with Gasteiger partial charge in [0, 0.05) is 45.6 Å². The summed E-state index contributed by atoms with van der Waals surface area (Å²) in [6, 6.07) is 8.22. The Labute approximate surface area is 524 Å². The third-order valence-corrected chi connectivity index (χ3v) is 28.7. The Morgan fingerprint density at radius 3 is 1.38 bits per heavy atom. The normalized spacial score (nSPS) is 41.3. The number of alkyl halides is 10. The molecule has 1 aromatic carbocycles. The van der Waals surface area contributed by atoms with Crippen LogP contribution in [0.2, 0.25) is 0 Å². The molecule has 86 heavy (non-hydrogen) atoms. The molecular weight excluding hydrogens is 1160 g/mol. The van der Waals surface area contributed by atoms with E-state index in [1.807, 2.05) is 19.1 Å². The summed E-state index contributed by atoms with van der Waals surface area (Å²) in [4.78, 5) is 0.175. The summed E-state index contributed by atoms with van der Waals surface area (Å²) >= 11 is 0. The van der Waals surface area contributed by atoms with Crippen molar-refractivity contribution in [3.05, 3.63) is 53.6 Å². The van der Waals surface area contributed by atoms with E-state index < -0.39 is 79.9 Å². The van der Waals surface area contributed by atoms with Crippen molar-refractivity contribution in [3.8, 4) is 0 Å². The SMILES string of the molecule is CO.C[C@H](C(CC1(O)CCC(F)(F)CC1)S(=O)(=O)c1ccccc1)[C@H]1CC[C@H]2[C@@H]3CC=C4C[C@](O)(C(F)(F)F)CC[C@]4(C)[C@H]3CC[C@]12C.C[C@H](CCC1(O)CCC(F)(F)CC1)[C@H]1CC[C@H]2[C@@H]3CC=C4C[C@](O)(C(F)(F)F)CC[C@]4(C)[C@H]3CC[C@]12C.[H-].[H-].[Mg+2]. The molecule has 0 bridgehead atoms. The van der Waals surface area contributed by atoms with Crippen molar-refractivity contribution in [1.82, 2.24) is 0 Å². The van der Waals surface area contributed by atoms with Gasteiger partial charge in [0.05, 0.1) is 21.3 Å². The van der Waals surface area contributed by atoms with E-state index in [1.165, 1.54) is 0 Å². The monoisotopic (exact) mass is 1260 g/mol. The van der Waals surface area contributed by atoms with Crippen molar-refractivity contribution in [2.75, 3.05) is 7.11 Å². The Balaban J connectivity index is 0.000000270. The van der Waals surface area contributed by atoms with Crippen LogP contribution in [0.4, 0.5) is 43.9 Å². The maximum Gasteiger partial charge on any atom is 2.00 e. The van der Waals surface area contributed by atoms with Gasteiger partial charge < -0.3 is 28.4 Å². The number of sulfone groups is 1. The molecule has 7 nitrogen and oxygen atoms in total. The number of fused-ring (bicyclic) bond motifs is 10. The Hall–Kier alpha value is -1.48. The average molecular weight is 1260 g/mol. The Bertz CT molecular complexity index is 2720. The van der Waals surface area contributed by atoms with Gasteiger partial charge in [0.25, 0.3) is 0 Å². The van der Waals surface area contributed by atoms with Gasteiger partial charge in [-0.05, 0) is 228 Å². The van der Waals surface area contributed by atoms with Crippen molar-refractivity contribution < 1.29 is 80.7 Å². The molecular formula is C67H100F10MgO7S. The van der Waals surface area contributed by atoms with Crippen LogP contribution in [0.3, 0.4) is 0 Å². The van der Waals surface area contributed by atoms with Gasteiger partial charge in [0.2, 0.25) is 11.8 Å². The molecule has 8 saturated carbocycles. The fourth-order valence-electron chi connectivity index (χ4n) is 21.0. The maximum absolute atomic E-state index is 14.3. The molecule has 5 N–H and O–H groups in total. The molecule has 0 aliphatic heterocycles. The molecule has 0 aromatic heterocycles. The summed E-state index contributed by atoms with van der Waals surface area (Å²) in [6.07, 6.45) is 3.46. The summed E-state index contributed by atoms with van der Waals surface area (Å²) in [7, 11) is -2.91. The minimum absolute atomic E-state index is 0. The van der Waals surface area contributed by atoms with E-state index in [1.54, 1.807) is 30.3 Å². The van der Waals surface area contributed by atoms with E-state index in [2.05, 4.69) is 34.6 Å². The smallest absolute Gasteiger partial charge is 1.00 e. The van der Waals surface area contributed by atoms with E-state index in [4.69, 9.17) is 5.11 Å². The molecule has 0 spiro atoms. The Morgan fingerprint density at radius 1 is 0.547 bits per heavy atom. The number of aliphatic hydroxyl groups excluding tert-OH is 1. The van der Waals surface area contributed by atoms with Crippen LogP contribution in [0, 0.1) is 80.8 Å². The number of hydrogen-bond acceptors (Lipinski definition) is 7. The van der Waals surface area contributed by atoms with Gasteiger partial charge >= 0.3 is 35.4 Å². The predicted octanol–water partition coefficient (Wildman–Crippen LogP) is 16.3. The van der Waals surface area contributed by atoms with Gasteiger partial charge in [-0.1, -0.05) is 83.0 Å². The van der Waals surface area contributed by atoms with Crippen LogP contribution < -0.4 is 0 Å². The fourth-order valence-corrected chi connectivity index (χ4v) is 23.1. The van der Waals surface area contributed by atoms with Crippen molar-refractivity contribution in [2.24, 2.45) is 80.8 Å². The molecule has 488 valence electrons. The quantitative estimate of drug-likeness (QED) is 0.0894. The van der Waals surface area contributed by atoms with Crippen molar-refractivity contribution in [1.29, 1.82) is 0 Å². The van der Waals surface area contributed by atoms with Crippen LogP contribution in [-0.2, 0) is 9.84 Å². The van der Waals surface area contributed by atoms with Gasteiger partial charge in [0.1, 0.15) is 0 Å². The Kier molecular flexibility index (Phi) is 20.0. The molecule has 10 aliphatic rings. The standard InChI is InChI=1S/C36H49F5O4S.C30H45F5O2.CH4O.Mg.2H/c1-23(30(46(44,45)25-7-5-4-6-8-25)22-33(42)16-19-35(37,38)20-17-33)27-11-12-28-26-10-9-24-21-34(43,36(39,40)41)18-15-31(24,2)29(26)13-14-32(27,28)3;1-19(8-11-27(36)13-16-29(31,32)17-14-27)22-6-7-23-21-5-4-20-18-28(37,30(33,34)35)15-12-25(20,2)24(21)9-10-26(22,23)3;1-2;;;/h4-9,23,26-30,42-43H,10-22H2,1-3H3;4,19,21-24,36-37H,5-18H2,1-3H3;2H,1H3;;;/q;;;+2;2*-1/t23-,26-,27+,28-,29-,30?,31-,32+,34-;19-,21+,22-,23+,24+,25+,26-,28+;;;;/m01..../s1. The van der Waals surface area contributed by atoms with Gasteiger partial charge in [-0.3, -0.25) is 0 Å². The van der Waals surface area contributed by atoms with Crippen LogP contribution in [0.1, 0.15) is 218 Å². The second kappa shape index (κ2) is 24.4. The third-order valence-electron chi connectivity index (χ3n) is 26.4. The van der Waals surface area contributed by atoms with Crippen LogP contribution in [-0.4, -0.2) is 116 Å². The molecule has 0 saturated heterocycles. The second-order valence-electron chi connectivity index (χ2n) is 30.5. The van der Waals surface area contributed by atoms with Gasteiger partial charge in [-0.25, -0.2) is 26.0 Å².